The zero-order chi connectivity index (χ0) is 10.6. The van der Waals surface area contributed by atoms with Crippen LogP contribution < -0.4 is 4.90 Å². The second-order valence-corrected chi connectivity index (χ2v) is 3.31. The Kier molecular flexibility index (Phi) is 3.46. The van der Waals surface area contributed by atoms with Crippen molar-refractivity contribution in [3.05, 3.63) is 42.0 Å². The molecule has 0 amide bonds. The van der Waals surface area contributed by atoms with Gasteiger partial charge in [0.1, 0.15) is 0 Å². The van der Waals surface area contributed by atoms with E-state index in [1.54, 1.807) is 12.2 Å². The topological polar surface area (TPSA) is 20.3 Å². The van der Waals surface area contributed by atoms with Crippen LogP contribution in [0.2, 0.25) is 0 Å². The molecule has 0 bridgehead atoms. The quantitative estimate of drug-likeness (QED) is 0.538. The number of anilines is 1. The number of hydrogen-bond donors (Lipinski definition) is 0. The van der Waals surface area contributed by atoms with Crippen molar-refractivity contribution in [3.8, 4) is 0 Å². The Labute approximate surface area is 84.9 Å². The van der Waals surface area contributed by atoms with Crippen LogP contribution in [0.3, 0.4) is 0 Å². The van der Waals surface area contributed by atoms with Crippen LogP contribution in [0, 0.1) is 0 Å². The zero-order valence-electron chi connectivity index (χ0n) is 8.82. The third-order valence-corrected chi connectivity index (χ3v) is 1.97. The van der Waals surface area contributed by atoms with Crippen LogP contribution >= 0.6 is 0 Å². The first-order valence-corrected chi connectivity index (χ1v) is 4.59. The number of carbonyl (C=O) groups is 1. The summed E-state index contributed by atoms with van der Waals surface area (Å²) in [4.78, 5) is 13.5. The van der Waals surface area contributed by atoms with Gasteiger partial charge in [-0.1, -0.05) is 18.2 Å². The smallest absolute Gasteiger partial charge is 0.185 e. The lowest BCUT2D eigenvalue weighted by molar-refractivity contribution is 0.104. The Morgan fingerprint density at radius 3 is 2.64 bits per heavy atom. The average Bonchev–Trinajstić information content (AvgIpc) is 2.18. The minimum Gasteiger partial charge on any atom is -0.378 e. The van der Waals surface area contributed by atoms with Gasteiger partial charge < -0.3 is 4.90 Å². The Hall–Kier alpha value is -1.57. The van der Waals surface area contributed by atoms with E-state index >= 15 is 0 Å². The van der Waals surface area contributed by atoms with Crippen molar-refractivity contribution >= 4 is 11.5 Å². The summed E-state index contributed by atoms with van der Waals surface area (Å²) in [7, 11) is 3.92. The van der Waals surface area contributed by atoms with Crippen LogP contribution in [-0.4, -0.2) is 19.9 Å². The molecule has 0 fully saturated rings. The Bertz CT molecular complexity index is 353. The van der Waals surface area contributed by atoms with Crippen LogP contribution in [-0.2, 0) is 0 Å². The molecular weight excluding hydrogens is 174 g/mol. The monoisotopic (exact) mass is 189 g/mol. The Morgan fingerprint density at radius 1 is 1.36 bits per heavy atom. The summed E-state index contributed by atoms with van der Waals surface area (Å²) in [6.45, 7) is 1.84. The molecule has 0 unspecified atom stereocenters. The predicted molar refractivity (Wildman–Crippen MR) is 59.9 cm³/mol. The number of allylic oxidation sites excluding steroid dienone is 2. The van der Waals surface area contributed by atoms with E-state index in [4.69, 9.17) is 0 Å². The summed E-state index contributed by atoms with van der Waals surface area (Å²) < 4.78 is 0. The van der Waals surface area contributed by atoms with Crippen LogP contribution in [0.5, 0.6) is 0 Å². The first kappa shape index (κ1) is 10.5. The van der Waals surface area contributed by atoms with Crippen LogP contribution in [0.15, 0.2) is 36.4 Å². The highest BCUT2D eigenvalue weighted by Gasteiger charge is 2.02. The first-order chi connectivity index (χ1) is 6.65. The number of rotatable bonds is 3. The molecule has 0 spiro atoms. The number of benzene rings is 1. The van der Waals surface area contributed by atoms with Crippen LogP contribution in [0.1, 0.15) is 17.3 Å². The average molecular weight is 189 g/mol. The molecule has 1 aromatic carbocycles. The molecule has 0 aliphatic heterocycles. The van der Waals surface area contributed by atoms with E-state index in [-0.39, 0.29) is 5.78 Å². The van der Waals surface area contributed by atoms with Gasteiger partial charge in [0.05, 0.1) is 0 Å². The molecule has 1 rings (SSSR count). The molecular formula is C12H15NO. The van der Waals surface area contributed by atoms with E-state index in [0.717, 1.165) is 11.3 Å². The molecule has 0 N–H and O–H groups in total. The highest BCUT2D eigenvalue weighted by atomic mass is 16.1. The molecule has 0 aromatic heterocycles. The molecule has 0 saturated heterocycles. The highest BCUT2D eigenvalue weighted by molar-refractivity contribution is 6.05. The van der Waals surface area contributed by atoms with E-state index in [2.05, 4.69) is 0 Å². The lowest BCUT2D eigenvalue weighted by atomic mass is 10.1. The molecule has 0 radical (unpaired) electrons. The number of carbonyl (C=O) groups excluding carboxylic acids is 1. The van der Waals surface area contributed by atoms with Crippen molar-refractivity contribution in [2.75, 3.05) is 19.0 Å². The minimum absolute atomic E-state index is 0.0520. The van der Waals surface area contributed by atoms with E-state index in [0.29, 0.717) is 0 Å². The molecule has 2 heteroatoms. The van der Waals surface area contributed by atoms with Gasteiger partial charge in [0.25, 0.3) is 0 Å². The molecule has 74 valence electrons. The normalized spacial score (nSPS) is 10.5. The van der Waals surface area contributed by atoms with Crippen molar-refractivity contribution in [2.45, 2.75) is 6.92 Å². The van der Waals surface area contributed by atoms with Gasteiger partial charge >= 0.3 is 0 Å². The van der Waals surface area contributed by atoms with E-state index in [1.165, 1.54) is 0 Å². The van der Waals surface area contributed by atoms with Gasteiger partial charge in [-0.2, -0.15) is 0 Å². The second kappa shape index (κ2) is 4.61. The van der Waals surface area contributed by atoms with Gasteiger partial charge in [-0.15, -0.1) is 0 Å². The second-order valence-electron chi connectivity index (χ2n) is 3.31. The molecule has 2 nitrogen and oxygen atoms in total. The van der Waals surface area contributed by atoms with E-state index < -0.39 is 0 Å². The molecule has 0 aliphatic rings. The van der Waals surface area contributed by atoms with Crippen LogP contribution in [0.25, 0.3) is 0 Å². The maximum Gasteiger partial charge on any atom is 0.185 e. The maximum absolute atomic E-state index is 11.5. The Morgan fingerprint density at radius 2 is 2.07 bits per heavy atom. The lowest BCUT2D eigenvalue weighted by Gasteiger charge is -2.12. The number of nitrogens with zero attached hydrogens (tertiary/aromatic N) is 1. The SMILES string of the molecule is CC=CC(=O)c1cccc(N(C)C)c1. The summed E-state index contributed by atoms with van der Waals surface area (Å²) in [5.41, 5.74) is 1.77. The molecule has 1 aromatic rings. The fourth-order valence-corrected chi connectivity index (χ4v) is 1.18. The fourth-order valence-electron chi connectivity index (χ4n) is 1.18. The molecule has 14 heavy (non-hydrogen) atoms. The first-order valence-electron chi connectivity index (χ1n) is 4.59. The predicted octanol–water partition coefficient (Wildman–Crippen LogP) is 2.51. The van der Waals surface area contributed by atoms with Crippen molar-refractivity contribution in [2.24, 2.45) is 0 Å². The van der Waals surface area contributed by atoms with Gasteiger partial charge in [-0.3, -0.25) is 4.79 Å². The molecule has 0 aliphatic carbocycles. The molecule has 0 saturated carbocycles. The van der Waals surface area contributed by atoms with Crippen LogP contribution in [0.4, 0.5) is 5.69 Å². The summed E-state index contributed by atoms with van der Waals surface area (Å²) in [6, 6.07) is 7.59. The molecule has 0 heterocycles. The minimum atomic E-state index is 0.0520. The van der Waals surface area contributed by atoms with Gasteiger partial charge in [0.15, 0.2) is 5.78 Å². The summed E-state index contributed by atoms with van der Waals surface area (Å²) in [5.74, 6) is 0.0520. The van der Waals surface area contributed by atoms with Gasteiger partial charge in [-0.05, 0) is 25.1 Å². The standard InChI is InChI=1S/C12H15NO/c1-4-6-12(14)10-7-5-8-11(9-10)13(2)3/h4-9H,1-3H3. The summed E-state index contributed by atoms with van der Waals surface area (Å²) in [5, 5.41) is 0. The third kappa shape index (κ3) is 2.46. The fraction of sp³-hybridized carbons (Fsp3) is 0.250. The van der Waals surface area contributed by atoms with Crippen molar-refractivity contribution < 1.29 is 4.79 Å². The number of hydrogen-bond acceptors (Lipinski definition) is 2. The van der Waals surface area contributed by atoms with Crippen molar-refractivity contribution in [1.29, 1.82) is 0 Å². The van der Waals surface area contributed by atoms with Gasteiger partial charge in [0, 0.05) is 25.3 Å². The van der Waals surface area contributed by atoms with Crippen molar-refractivity contribution in [3.63, 3.8) is 0 Å². The third-order valence-electron chi connectivity index (χ3n) is 1.97. The maximum atomic E-state index is 11.5. The van der Waals surface area contributed by atoms with E-state index in [9.17, 15) is 4.79 Å². The number of ketones is 1. The lowest BCUT2D eigenvalue weighted by Crippen LogP contribution is -2.09. The zero-order valence-corrected chi connectivity index (χ0v) is 8.82. The van der Waals surface area contributed by atoms with Gasteiger partial charge in [0.2, 0.25) is 0 Å². The Balaban J connectivity index is 2.99. The largest absolute Gasteiger partial charge is 0.378 e. The van der Waals surface area contributed by atoms with E-state index in [1.807, 2.05) is 50.2 Å². The van der Waals surface area contributed by atoms with Gasteiger partial charge in [-0.25, -0.2) is 0 Å². The van der Waals surface area contributed by atoms with Crippen molar-refractivity contribution in [1.82, 2.24) is 0 Å². The molecule has 0 atom stereocenters. The summed E-state index contributed by atoms with van der Waals surface area (Å²) in [6.07, 6.45) is 3.33. The highest BCUT2D eigenvalue weighted by Crippen LogP contribution is 2.13. The summed E-state index contributed by atoms with van der Waals surface area (Å²) >= 11 is 0.